The number of benzene rings is 1. The first-order chi connectivity index (χ1) is 6.72. The summed E-state index contributed by atoms with van der Waals surface area (Å²) in [7, 11) is 1.67. The summed E-state index contributed by atoms with van der Waals surface area (Å²) in [5, 5.41) is 2.96. The van der Waals surface area contributed by atoms with Crippen molar-refractivity contribution in [3.05, 3.63) is 35.9 Å². The number of hydrogen-bond donors (Lipinski definition) is 1. The van der Waals surface area contributed by atoms with Gasteiger partial charge in [0.25, 0.3) is 0 Å². The van der Waals surface area contributed by atoms with E-state index in [4.69, 9.17) is 0 Å². The van der Waals surface area contributed by atoms with Gasteiger partial charge in [-0.25, -0.2) is 13.8 Å². The predicted octanol–water partition coefficient (Wildman–Crippen LogP) is 2.55. The molecular weight excluding hydrogens is 186 g/mol. The van der Waals surface area contributed by atoms with Gasteiger partial charge in [0.15, 0.2) is 0 Å². The molecule has 0 aliphatic rings. The molecular formula is C10H8F2N2. The fraction of sp³-hybridized carbons (Fsp3) is 0.100. The molecule has 1 N–H and O–H groups in total. The maximum Gasteiger partial charge on any atom is 0.149 e. The number of fused-ring (bicyclic) bond motifs is 1. The lowest BCUT2D eigenvalue weighted by Crippen LogP contribution is -1.94. The van der Waals surface area contributed by atoms with E-state index in [9.17, 15) is 8.78 Å². The topological polar surface area (TPSA) is 24.9 Å². The average Bonchev–Trinajstić information content (AvgIpc) is 2.23. The molecule has 0 radical (unpaired) electrons. The quantitative estimate of drug-likeness (QED) is 0.754. The van der Waals surface area contributed by atoms with E-state index < -0.39 is 11.6 Å². The van der Waals surface area contributed by atoms with Crippen LogP contribution in [-0.2, 0) is 0 Å². The summed E-state index contributed by atoms with van der Waals surface area (Å²) in [6, 6.07) is 5.28. The Morgan fingerprint density at radius 2 is 1.79 bits per heavy atom. The first kappa shape index (κ1) is 8.87. The summed E-state index contributed by atoms with van der Waals surface area (Å²) in [6.07, 6.45) is 0. The molecule has 0 fully saturated rings. The molecule has 72 valence electrons. The summed E-state index contributed by atoms with van der Waals surface area (Å²) in [6.45, 7) is 0. The van der Waals surface area contributed by atoms with Crippen LogP contribution < -0.4 is 5.32 Å². The largest absolute Gasteiger partial charge is 0.373 e. The van der Waals surface area contributed by atoms with Crippen molar-refractivity contribution >= 4 is 16.7 Å². The molecule has 14 heavy (non-hydrogen) atoms. The molecule has 0 atom stereocenters. The summed E-state index contributed by atoms with van der Waals surface area (Å²) < 4.78 is 26.4. The highest BCUT2D eigenvalue weighted by molar-refractivity contribution is 5.81. The molecule has 2 nitrogen and oxygen atoms in total. The Bertz CT molecular complexity index is 483. The van der Waals surface area contributed by atoms with Gasteiger partial charge < -0.3 is 5.32 Å². The van der Waals surface area contributed by atoms with Crippen molar-refractivity contribution in [2.45, 2.75) is 0 Å². The lowest BCUT2D eigenvalue weighted by atomic mass is 10.2. The minimum Gasteiger partial charge on any atom is -0.373 e. The van der Waals surface area contributed by atoms with Gasteiger partial charge >= 0.3 is 0 Å². The second-order valence-electron chi connectivity index (χ2n) is 2.87. The second kappa shape index (κ2) is 3.21. The van der Waals surface area contributed by atoms with Crippen LogP contribution in [0.15, 0.2) is 24.3 Å². The third-order valence-corrected chi connectivity index (χ3v) is 2.01. The summed E-state index contributed by atoms with van der Waals surface area (Å²) in [5.41, 5.74) is 0.0526. The zero-order valence-corrected chi connectivity index (χ0v) is 7.51. The average molecular weight is 194 g/mol. The smallest absolute Gasteiger partial charge is 0.149 e. The molecule has 0 aliphatic carbocycles. The van der Waals surface area contributed by atoms with Crippen LogP contribution in [0.5, 0.6) is 0 Å². The van der Waals surface area contributed by atoms with Crippen molar-refractivity contribution in [1.82, 2.24) is 4.98 Å². The van der Waals surface area contributed by atoms with Gasteiger partial charge in [-0.3, -0.25) is 0 Å². The van der Waals surface area contributed by atoms with Crippen molar-refractivity contribution in [2.75, 3.05) is 12.4 Å². The van der Waals surface area contributed by atoms with Gasteiger partial charge in [0.05, 0.1) is 0 Å². The van der Waals surface area contributed by atoms with Gasteiger partial charge in [0.2, 0.25) is 0 Å². The van der Waals surface area contributed by atoms with Crippen LogP contribution in [-0.4, -0.2) is 12.0 Å². The van der Waals surface area contributed by atoms with E-state index in [0.29, 0.717) is 5.82 Å². The van der Waals surface area contributed by atoms with Gasteiger partial charge in [0, 0.05) is 12.4 Å². The Hall–Kier alpha value is -1.71. The number of anilines is 1. The van der Waals surface area contributed by atoms with Gasteiger partial charge in [-0.2, -0.15) is 0 Å². The van der Waals surface area contributed by atoms with Crippen LogP contribution in [0.25, 0.3) is 10.9 Å². The van der Waals surface area contributed by atoms with Gasteiger partial charge in [0.1, 0.15) is 23.0 Å². The minimum absolute atomic E-state index is 0.0526. The van der Waals surface area contributed by atoms with Gasteiger partial charge in [-0.05, 0) is 24.3 Å². The van der Waals surface area contributed by atoms with Crippen molar-refractivity contribution in [1.29, 1.82) is 0 Å². The number of aromatic nitrogens is 1. The van der Waals surface area contributed by atoms with Crippen molar-refractivity contribution in [2.24, 2.45) is 0 Å². The molecule has 0 saturated heterocycles. The van der Waals surface area contributed by atoms with Crippen molar-refractivity contribution in [3.63, 3.8) is 0 Å². The molecule has 0 spiro atoms. The standard InChI is InChI=1S/C10H8F2N2/c1-13-9-5-2-6-7(11)3-4-8(12)10(6)14-9/h2-5H,1H3,(H,13,14). The molecule has 1 aromatic carbocycles. The highest BCUT2D eigenvalue weighted by Crippen LogP contribution is 2.20. The molecule has 0 amide bonds. The van der Waals surface area contributed by atoms with Crippen molar-refractivity contribution < 1.29 is 8.78 Å². The van der Waals surface area contributed by atoms with E-state index in [1.54, 1.807) is 13.1 Å². The molecule has 0 saturated carbocycles. The highest BCUT2D eigenvalue weighted by atomic mass is 19.1. The monoisotopic (exact) mass is 194 g/mol. The summed E-state index contributed by atoms with van der Waals surface area (Å²) in [4.78, 5) is 3.93. The molecule has 2 rings (SSSR count). The highest BCUT2D eigenvalue weighted by Gasteiger charge is 2.07. The maximum absolute atomic E-state index is 13.2. The minimum atomic E-state index is -0.515. The first-order valence-electron chi connectivity index (χ1n) is 4.15. The fourth-order valence-corrected chi connectivity index (χ4v) is 1.29. The zero-order chi connectivity index (χ0) is 10.1. The lowest BCUT2D eigenvalue weighted by Gasteiger charge is -2.03. The Balaban J connectivity index is 2.80. The van der Waals surface area contributed by atoms with Crippen LogP contribution in [0.1, 0.15) is 0 Å². The number of hydrogen-bond acceptors (Lipinski definition) is 2. The summed E-state index contributed by atoms with van der Waals surface area (Å²) in [5.74, 6) is -0.461. The van der Waals surface area contributed by atoms with Gasteiger partial charge in [-0.15, -0.1) is 0 Å². The SMILES string of the molecule is CNc1ccc2c(F)ccc(F)c2n1. The molecule has 1 aromatic heterocycles. The van der Waals surface area contributed by atoms with Crippen LogP contribution >= 0.6 is 0 Å². The molecule has 1 heterocycles. The summed E-state index contributed by atoms with van der Waals surface area (Å²) >= 11 is 0. The van der Waals surface area contributed by atoms with E-state index in [1.165, 1.54) is 6.07 Å². The Morgan fingerprint density at radius 3 is 2.50 bits per heavy atom. The lowest BCUT2D eigenvalue weighted by molar-refractivity contribution is 0.615. The Kier molecular flexibility index (Phi) is 2.04. The molecule has 0 bridgehead atoms. The molecule has 0 unspecified atom stereocenters. The number of nitrogens with one attached hydrogen (secondary N) is 1. The Morgan fingerprint density at radius 1 is 1.07 bits per heavy atom. The molecule has 2 aromatic rings. The fourth-order valence-electron chi connectivity index (χ4n) is 1.29. The normalized spacial score (nSPS) is 10.5. The molecule has 0 aliphatic heterocycles. The second-order valence-corrected chi connectivity index (χ2v) is 2.87. The number of nitrogens with zero attached hydrogens (tertiary/aromatic N) is 1. The van der Waals surface area contributed by atoms with E-state index in [0.717, 1.165) is 12.1 Å². The van der Waals surface area contributed by atoms with E-state index >= 15 is 0 Å². The number of pyridine rings is 1. The predicted molar refractivity (Wildman–Crippen MR) is 51.2 cm³/mol. The van der Waals surface area contributed by atoms with Gasteiger partial charge in [-0.1, -0.05) is 0 Å². The third-order valence-electron chi connectivity index (χ3n) is 2.01. The van der Waals surface area contributed by atoms with Crippen molar-refractivity contribution in [3.8, 4) is 0 Å². The maximum atomic E-state index is 13.2. The van der Waals surface area contributed by atoms with Crippen LogP contribution in [0, 0.1) is 11.6 Å². The number of rotatable bonds is 1. The number of halogens is 2. The van der Waals surface area contributed by atoms with Crippen LogP contribution in [0.2, 0.25) is 0 Å². The van der Waals surface area contributed by atoms with E-state index in [-0.39, 0.29) is 10.9 Å². The van der Waals surface area contributed by atoms with Crippen LogP contribution in [0.4, 0.5) is 14.6 Å². The molecule has 4 heteroatoms. The third kappa shape index (κ3) is 1.28. The van der Waals surface area contributed by atoms with E-state index in [2.05, 4.69) is 10.3 Å². The zero-order valence-electron chi connectivity index (χ0n) is 7.51. The first-order valence-corrected chi connectivity index (χ1v) is 4.15. The van der Waals surface area contributed by atoms with Crippen LogP contribution in [0.3, 0.4) is 0 Å². The van der Waals surface area contributed by atoms with E-state index in [1.807, 2.05) is 0 Å². The Labute approximate surface area is 79.6 Å².